The predicted octanol–water partition coefficient (Wildman–Crippen LogP) is 2.81. The monoisotopic (exact) mass is 251 g/mol. The Hall–Kier alpha value is -1.38. The van der Waals surface area contributed by atoms with E-state index in [1.165, 1.54) is 6.92 Å². The molecule has 1 amide bonds. The van der Waals surface area contributed by atoms with Gasteiger partial charge in [0.15, 0.2) is 0 Å². The second-order valence-corrected chi connectivity index (χ2v) is 4.38. The number of carbonyl (C=O) groups is 1. The Morgan fingerprint density at radius 1 is 1.29 bits per heavy atom. The molecule has 0 saturated carbocycles. The smallest absolute Gasteiger partial charge is 0.411 e. The standard InChI is InChI=1S/C11H16F3NO2/c1-5-6-7-15(8-11(12,13)14)9(16)17-10(2,3)4/h7-8H2,1-4H3. The molecule has 3 nitrogen and oxygen atoms in total. The van der Waals surface area contributed by atoms with Gasteiger partial charge in [0.2, 0.25) is 0 Å². The fraction of sp³-hybridized carbons (Fsp3) is 0.727. The van der Waals surface area contributed by atoms with Crippen molar-refractivity contribution in [2.75, 3.05) is 13.1 Å². The molecule has 0 aliphatic rings. The molecule has 17 heavy (non-hydrogen) atoms. The molecule has 0 aromatic carbocycles. The quantitative estimate of drug-likeness (QED) is 0.706. The molecule has 0 aromatic rings. The SMILES string of the molecule is CC#CCN(CC(F)(F)F)C(=O)OC(C)(C)C. The summed E-state index contributed by atoms with van der Waals surface area (Å²) in [5.74, 6) is 4.85. The van der Waals surface area contributed by atoms with Crippen molar-refractivity contribution in [1.29, 1.82) is 0 Å². The van der Waals surface area contributed by atoms with Crippen LogP contribution < -0.4 is 0 Å². The summed E-state index contributed by atoms with van der Waals surface area (Å²) in [4.78, 5) is 12.0. The number of ether oxygens (including phenoxy) is 1. The van der Waals surface area contributed by atoms with Gasteiger partial charge in [-0.2, -0.15) is 13.2 Å². The van der Waals surface area contributed by atoms with E-state index in [-0.39, 0.29) is 6.54 Å². The first-order valence-corrected chi connectivity index (χ1v) is 4.99. The van der Waals surface area contributed by atoms with Crippen LogP contribution >= 0.6 is 0 Å². The van der Waals surface area contributed by atoms with Gasteiger partial charge in [-0.1, -0.05) is 5.92 Å². The van der Waals surface area contributed by atoms with Gasteiger partial charge in [-0.05, 0) is 27.7 Å². The Morgan fingerprint density at radius 3 is 2.18 bits per heavy atom. The zero-order valence-corrected chi connectivity index (χ0v) is 10.3. The molecule has 98 valence electrons. The maximum atomic E-state index is 12.2. The molecule has 6 heteroatoms. The van der Waals surface area contributed by atoms with Crippen molar-refractivity contribution in [3.63, 3.8) is 0 Å². The van der Waals surface area contributed by atoms with Gasteiger partial charge in [-0.3, -0.25) is 4.90 Å². The number of hydrogen-bond acceptors (Lipinski definition) is 2. The van der Waals surface area contributed by atoms with Crippen molar-refractivity contribution in [2.24, 2.45) is 0 Å². The van der Waals surface area contributed by atoms with E-state index >= 15 is 0 Å². The number of nitrogens with zero attached hydrogens (tertiary/aromatic N) is 1. The molecule has 0 aliphatic carbocycles. The lowest BCUT2D eigenvalue weighted by Crippen LogP contribution is -2.42. The molecule has 0 bridgehead atoms. The van der Waals surface area contributed by atoms with Crippen molar-refractivity contribution in [3.8, 4) is 11.8 Å². The van der Waals surface area contributed by atoms with E-state index in [1.54, 1.807) is 20.8 Å². The molecular formula is C11H16F3NO2. The third kappa shape index (κ3) is 8.43. The Balaban J connectivity index is 4.66. The summed E-state index contributed by atoms with van der Waals surface area (Å²) in [5, 5.41) is 0. The lowest BCUT2D eigenvalue weighted by molar-refractivity contribution is -0.143. The van der Waals surface area contributed by atoms with E-state index in [2.05, 4.69) is 11.8 Å². The van der Waals surface area contributed by atoms with Crippen LogP contribution in [0.15, 0.2) is 0 Å². The van der Waals surface area contributed by atoms with Gasteiger partial charge in [-0.25, -0.2) is 4.79 Å². The van der Waals surface area contributed by atoms with Gasteiger partial charge >= 0.3 is 12.3 Å². The zero-order valence-electron chi connectivity index (χ0n) is 10.3. The molecule has 0 aromatic heterocycles. The lowest BCUT2D eigenvalue weighted by atomic mass is 10.2. The minimum Gasteiger partial charge on any atom is -0.444 e. The molecule has 0 heterocycles. The molecule has 0 unspecified atom stereocenters. The second-order valence-electron chi connectivity index (χ2n) is 4.38. The molecule has 0 fully saturated rings. The van der Waals surface area contributed by atoms with Crippen LogP contribution in [0.1, 0.15) is 27.7 Å². The summed E-state index contributed by atoms with van der Waals surface area (Å²) in [5.41, 5.74) is -0.833. The average molecular weight is 251 g/mol. The number of rotatable bonds is 2. The molecule has 0 spiro atoms. The van der Waals surface area contributed by atoms with E-state index in [0.29, 0.717) is 4.90 Å². The Labute approximate surface area is 98.9 Å². The number of hydrogen-bond donors (Lipinski definition) is 0. The minimum atomic E-state index is -4.47. The van der Waals surface area contributed by atoms with E-state index < -0.39 is 24.4 Å². The highest BCUT2D eigenvalue weighted by atomic mass is 19.4. The van der Waals surface area contributed by atoms with Gasteiger partial charge in [0.25, 0.3) is 0 Å². The molecule has 0 radical (unpaired) electrons. The fourth-order valence-corrected chi connectivity index (χ4v) is 0.902. The van der Waals surface area contributed by atoms with E-state index in [0.717, 1.165) is 0 Å². The Bertz CT molecular complexity index is 320. The van der Waals surface area contributed by atoms with Crippen molar-refractivity contribution >= 4 is 6.09 Å². The normalized spacial score (nSPS) is 11.5. The molecular weight excluding hydrogens is 235 g/mol. The third-order valence-electron chi connectivity index (χ3n) is 1.47. The molecule has 0 rings (SSSR count). The topological polar surface area (TPSA) is 29.5 Å². The van der Waals surface area contributed by atoms with Gasteiger partial charge in [-0.15, -0.1) is 5.92 Å². The number of halogens is 3. The van der Waals surface area contributed by atoms with Crippen molar-refractivity contribution < 1.29 is 22.7 Å². The Kier molecular flexibility index (Phi) is 5.33. The van der Waals surface area contributed by atoms with E-state index in [4.69, 9.17) is 4.74 Å². The van der Waals surface area contributed by atoms with Gasteiger partial charge in [0.1, 0.15) is 12.1 Å². The van der Waals surface area contributed by atoms with Gasteiger partial charge in [0, 0.05) is 0 Å². The van der Waals surface area contributed by atoms with Crippen LogP contribution in [-0.2, 0) is 4.74 Å². The number of alkyl halides is 3. The lowest BCUT2D eigenvalue weighted by Gasteiger charge is -2.26. The van der Waals surface area contributed by atoms with Crippen molar-refractivity contribution in [1.82, 2.24) is 4.90 Å². The number of amides is 1. The zero-order chi connectivity index (χ0) is 13.7. The van der Waals surface area contributed by atoms with Crippen LogP contribution in [0.25, 0.3) is 0 Å². The highest BCUT2D eigenvalue weighted by Crippen LogP contribution is 2.18. The molecule has 0 saturated heterocycles. The van der Waals surface area contributed by atoms with E-state index in [9.17, 15) is 18.0 Å². The summed E-state index contributed by atoms with van der Waals surface area (Å²) < 4.78 is 41.5. The maximum Gasteiger partial charge on any atom is 0.411 e. The summed E-state index contributed by atoms with van der Waals surface area (Å²) in [7, 11) is 0. The van der Waals surface area contributed by atoms with E-state index in [1.807, 2.05) is 0 Å². The molecule has 0 aliphatic heterocycles. The van der Waals surface area contributed by atoms with Crippen LogP contribution in [0.5, 0.6) is 0 Å². The van der Waals surface area contributed by atoms with Crippen LogP contribution in [0.4, 0.5) is 18.0 Å². The predicted molar refractivity (Wildman–Crippen MR) is 57.3 cm³/mol. The van der Waals surface area contributed by atoms with Crippen LogP contribution in [0.3, 0.4) is 0 Å². The first-order valence-electron chi connectivity index (χ1n) is 4.99. The van der Waals surface area contributed by atoms with Gasteiger partial charge < -0.3 is 4.74 Å². The molecule has 0 atom stereocenters. The highest BCUT2D eigenvalue weighted by molar-refractivity contribution is 5.68. The van der Waals surface area contributed by atoms with Crippen LogP contribution in [0.2, 0.25) is 0 Å². The average Bonchev–Trinajstić information content (AvgIpc) is 2.07. The Morgan fingerprint density at radius 2 is 1.82 bits per heavy atom. The minimum absolute atomic E-state index is 0.301. The second kappa shape index (κ2) is 5.80. The fourth-order valence-electron chi connectivity index (χ4n) is 0.902. The summed E-state index contributed by atoms with van der Waals surface area (Å²) >= 11 is 0. The maximum absolute atomic E-state index is 12.2. The van der Waals surface area contributed by atoms with Crippen LogP contribution in [-0.4, -0.2) is 35.9 Å². The first kappa shape index (κ1) is 15.6. The summed E-state index contributed by atoms with van der Waals surface area (Å²) in [6.07, 6.45) is -5.48. The third-order valence-corrected chi connectivity index (χ3v) is 1.47. The number of carbonyl (C=O) groups excluding carboxylic acids is 1. The largest absolute Gasteiger partial charge is 0.444 e. The van der Waals surface area contributed by atoms with Crippen molar-refractivity contribution in [2.45, 2.75) is 39.5 Å². The van der Waals surface area contributed by atoms with Crippen molar-refractivity contribution in [3.05, 3.63) is 0 Å². The summed E-state index contributed by atoms with van der Waals surface area (Å²) in [6, 6.07) is 0. The van der Waals surface area contributed by atoms with Crippen LogP contribution in [0, 0.1) is 11.8 Å². The highest BCUT2D eigenvalue weighted by Gasteiger charge is 2.34. The molecule has 0 N–H and O–H groups in total. The summed E-state index contributed by atoms with van der Waals surface area (Å²) in [6.45, 7) is 4.58. The van der Waals surface area contributed by atoms with Gasteiger partial charge in [0.05, 0.1) is 6.54 Å². The first-order chi connectivity index (χ1) is 7.55.